The average molecular weight is 235 g/mol. The highest BCUT2D eigenvalue weighted by atomic mass is 16.6. The molecule has 0 fully saturated rings. The standard InChI is InChI=1S/C14H21NO2/c1-10(13(16)17-14(2,3)4)12(15)11-8-6-5-7-9-11/h5-10,12H,15H2,1-4H3/t10-,12-/m0/s1. The Bertz CT molecular complexity index is 368. The minimum atomic E-state index is -0.470. The van der Waals surface area contributed by atoms with Gasteiger partial charge >= 0.3 is 5.97 Å². The molecule has 2 atom stereocenters. The van der Waals surface area contributed by atoms with Crippen molar-refractivity contribution < 1.29 is 9.53 Å². The first-order valence-electron chi connectivity index (χ1n) is 5.84. The van der Waals surface area contributed by atoms with E-state index in [2.05, 4.69) is 0 Å². The summed E-state index contributed by atoms with van der Waals surface area (Å²) in [6.45, 7) is 7.36. The summed E-state index contributed by atoms with van der Waals surface area (Å²) in [7, 11) is 0. The van der Waals surface area contributed by atoms with E-state index in [0.717, 1.165) is 5.56 Å². The largest absolute Gasteiger partial charge is 0.460 e. The third-order valence-corrected chi connectivity index (χ3v) is 2.50. The minimum absolute atomic E-state index is 0.256. The van der Waals surface area contributed by atoms with Gasteiger partial charge in [-0.25, -0.2) is 0 Å². The molecule has 2 N–H and O–H groups in total. The number of benzene rings is 1. The van der Waals surface area contributed by atoms with Gasteiger partial charge < -0.3 is 10.5 Å². The number of carbonyl (C=O) groups excluding carboxylic acids is 1. The molecule has 3 nitrogen and oxygen atoms in total. The van der Waals surface area contributed by atoms with Gasteiger partial charge in [0, 0.05) is 6.04 Å². The van der Waals surface area contributed by atoms with Gasteiger partial charge in [0.1, 0.15) is 5.60 Å². The lowest BCUT2D eigenvalue weighted by Crippen LogP contribution is -2.33. The van der Waals surface area contributed by atoms with E-state index in [9.17, 15) is 4.79 Å². The first-order chi connectivity index (χ1) is 7.81. The summed E-state index contributed by atoms with van der Waals surface area (Å²) in [6.07, 6.45) is 0. The molecule has 0 unspecified atom stereocenters. The van der Waals surface area contributed by atoms with Crippen molar-refractivity contribution in [3.63, 3.8) is 0 Å². The topological polar surface area (TPSA) is 52.3 Å². The maximum absolute atomic E-state index is 11.9. The van der Waals surface area contributed by atoms with Crippen molar-refractivity contribution in [2.45, 2.75) is 39.3 Å². The van der Waals surface area contributed by atoms with Crippen LogP contribution in [0.2, 0.25) is 0 Å². The Hall–Kier alpha value is -1.35. The van der Waals surface area contributed by atoms with Crippen LogP contribution in [-0.2, 0) is 9.53 Å². The molecule has 0 aromatic heterocycles. The maximum atomic E-state index is 11.9. The van der Waals surface area contributed by atoms with Crippen LogP contribution in [0.25, 0.3) is 0 Å². The highest BCUT2D eigenvalue weighted by Gasteiger charge is 2.27. The van der Waals surface area contributed by atoms with Crippen LogP contribution in [0, 0.1) is 5.92 Å². The Balaban J connectivity index is 2.70. The molecule has 17 heavy (non-hydrogen) atoms. The number of hydrogen-bond acceptors (Lipinski definition) is 3. The smallest absolute Gasteiger partial charge is 0.311 e. The predicted molar refractivity (Wildman–Crippen MR) is 68.4 cm³/mol. The van der Waals surface area contributed by atoms with Gasteiger partial charge in [-0.1, -0.05) is 37.3 Å². The molecule has 0 amide bonds. The van der Waals surface area contributed by atoms with Crippen LogP contribution in [0.1, 0.15) is 39.3 Å². The van der Waals surface area contributed by atoms with Crippen molar-refractivity contribution in [3.8, 4) is 0 Å². The maximum Gasteiger partial charge on any atom is 0.311 e. The molecule has 1 aromatic carbocycles. The van der Waals surface area contributed by atoms with E-state index in [4.69, 9.17) is 10.5 Å². The van der Waals surface area contributed by atoms with E-state index < -0.39 is 5.60 Å². The number of esters is 1. The summed E-state index contributed by atoms with van der Waals surface area (Å²) in [4.78, 5) is 11.9. The van der Waals surface area contributed by atoms with E-state index >= 15 is 0 Å². The lowest BCUT2D eigenvalue weighted by atomic mass is 9.95. The molecular formula is C14H21NO2. The van der Waals surface area contributed by atoms with Crippen LogP contribution in [0.3, 0.4) is 0 Å². The molecule has 0 bridgehead atoms. The molecule has 1 rings (SSSR count). The molecule has 0 heterocycles. The highest BCUT2D eigenvalue weighted by Crippen LogP contribution is 2.22. The van der Waals surface area contributed by atoms with E-state index in [-0.39, 0.29) is 17.9 Å². The van der Waals surface area contributed by atoms with Gasteiger partial charge in [0.05, 0.1) is 5.92 Å². The first-order valence-corrected chi connectivity index (χ1v) is 5.84. The second-order valence-electron chi connectivity index (χ2n) is 5.26. The zero-order chi connectivity index (χ0) is 13.1. The minimum Gasteiger partial charge on any atom is -0.460 e. The van der Waals surface area contributed by atoms with Gasteiger partial charge in [-0.15, -0.1) is 0 Å². The Labute approximate surface area is 103 Å². The fourth-order valence-electron chi connectivity index (χ4n) is 1.51. The number of rotatable bonds is 3. The van der Waals surface area contributed by atoms with E-state index in [1.54, 1.807) is 6.92 Å². The summed E-state index contributed by atoms with van der Waals surface area (Å²) in [5, 5.41) is 0. The molecule has 94 valence electrons. The van der Waals surface area contributed by atoms with E-state index in [1.165, 1.54) is 0 Å². The van der Waals surface area contributed by atoms with Gasteiger partial charge in [0.2, 0.25) is 0 Å². The third-order valence-electron chi connectivity index (χ3n) is 2.50. The molecule has 1 aromatic rings. The van der Waals surface area contributed by atoms with Crippen molar-refractivity contribution in [1.82, 2.24) is 0 Å². The molecule has 0 aliphatic rings. The predicted octanol–water partition coefficient (Wildman–Crippen LogP) is 2.66. The van der Waals surface area contributed by atoms with Crippen LogP contribution >= 0.6 is 0 Å². The Kier molecular flexibility index (Phi) is 4.29. The normalized spacial score (nSPS) is 15.1. The van der Waals surface area contributed by atoms with Gasteiger partial charge in [0.15, 0.2) is 0 Å². The summed E-state index contributed by atoms with van der Waals surface area (Å²) in [6, 6.07) is 9.27. The van der Waals surface area contributed by atoms with Crippen molar-refractivity contribution in [2.75, 3.05) is 0 Å². The average Bonchev–Trinajstić information content (AvgIpc) is 2.26. The van der Waals surface area contributed by atoms with Crippen molar-refractivity contribution in [1.29, 1.82) is 0 Å². The second-order valence-corrected chi connectivity index (χ2v) is 5.26. The molecule has 0 radical (unpaired) electrons. The Morgan fingerprint density at radius 2 is 1.76 bits per heavy atom. The van der Waals surface area contributed by atoms with Crippen LogP contribution in [0.4, 0.5) is 0 Å². The summed E-state index contributed by atoms with van der Waals surface area (Å²) in [5.74, 6) is -0.606. The molecule has 0 aliphatic carbocycles. The lowest BCUT2D eigenvalue weighted by molar-refractivity contribution is -0.160. The molecule has 0 aliphatic heterocycles. The van der Waals surface area contributed by atoms with Gasteiger partial charge in [-0.3, -0.25) is 4.79 Å². The number of nitrogens with two attached hydrogens (primary N) is 1. The number of carbonyl (C=O) groups is 1. The number of hydrogen-bond donors (Lipinski definition) is 1. The van der Waals surface area contributed by atoms with Crippen LogP contribution in [-0.4, -0.2) is 11.6 Å². The summed E-state index contributed by atoms with van der Waals surface area (Å²) >= 11 is 0. The fourth-order valence-corrected chi connectivity index (χ4v) is 1.51. The summed E-state index contributed by atoms with van der Waals surface area (Å²) < 4.78 is 5.32. The van der Waals surface area contributed by atoms with Crippen LogP contribution < -0.4 is 5.73 Å². The number of ether oxygens (including phenoxy) is 1. The third kappa shape index (κ3) is 4.19. The van der Waals surface area contributed by atoms with Crippen LogP contribution in [0.5, 0.6) is 0 Å². The van der Waals surface area contributed by atoms with Crippen LogP contribution in [0.15, 0.2) is 30.3 Å². The van der Waals surface area contributed by atoms with Crippen molar-refractivity contribution in [2.24, 2.45) is 11.7 Å². The van der Waals surface area contributed by atoms with Crippen molar-refractivity contribution in [3.05, 3.63) is 35.9 Å². The second kappa shape index (κ2) is 5.32. The van der Waals surface area contributed by atoms with Crippen molar-refractivity contribution >= 4 is 5.97 Å². The fraction of sp³-hybridized carbons (Fsp3) is 0.500. The van der Waals surface area contributed by atoms with E-state index in [0.29, 0.717) is 0 Å². The Morgan fingerprint density at radius 1 is 1.24 bits per heavy atom. The Morgan fingerprint density at radius 3 is 2.24 bits per heavy atom. The van der Waals surface area contributed by atoms with Gasteiger partial charge in [-0.2, -0.15) is 0 Å². The van der Waals surface area contributed by atoms with Gasteiger partial charge in [-0.05, 0) is 26.3 Å². The molecular weight excluding hydrogens is 214 g/mol. The SMILES string of the molecule is C[C@H](C(=O)OC(C)(C)C)[C@H](N)c1ccccc1. The van der Waals surface area contributed by atoms with Gasteiger partial charge in [0.25, 0.3) is 0 Å². The monoisotopic (exact) mass is 235 g/mol. The highest BCUT2D eigenvalue weighted by molar-refractivity contribution is 5.73. The van der Waals surface area contributed by atoms with E-state index in [1.807, 2.05) is 51.1 Å². The first kappa shape index (κ1) is 13.7. The molecule has 0 saturated heterocycles. The zero-order valence-electron chi connectivity index (χ0n) is 10.9. The zero-order valence-corrected chi connectivity index (χ0v) is 10.9. The quantitative estimate of drug-likeness (QED) is 0.819. The molecule has 3 heteroatoms. The summed E-state index contributed by atoms with van der Waals surface area (Å²) in [5.41, 5.74) is 6.54. The molecule has 0 spiro atoms. The molecule has 0 saturated carbocycles. The lowest BCUT2D eigenvalue weighted by Gasteiger charge is -2.25.